The summed E-state index contributed by atoms with van der Waals surface area (Å²) in [7, 11) is 0. The molecule has 2 heterocycles. The molecule has 2 rings (SSSR count). The Morgan fingerprint density at radius 2 is 2.44 bits per heavy atom. The Labute approximate surface area is 93.3 Å². The highest BCUT2D eigenvalue weighted by Gasteiger charge is 2.16. The lowest BCUT2D eigenvalue weighted by Crippen LogP contribution is -2.35. The van der Waals surface area contributed by atoms with E-state index in [1.54, 1.807) is 0 Å². The molecule has 0 aromatic carbocycles. The minimum atomic E-state index is 0.538. The van der Waals surface area contributed by atoms with E-state index in [4.69, 9.17) is 0 Å². The average Bonchev–Trinajstić information content (AvgIpc) is 2.70. The molecule has 0 aliphatic carbocycles. The number of guanidine groups is 1. The molecule has 0 saturated heterocycles. The lowest BCUT2D eigenvalue weighted by atomic mass is 10.2. The number of hydrogen-bond donors (Lipinski definition) is 1. The molecule has 16 heavy (non-hydrogen) atoms. The highest BCUT2D eigenvalue weighted by Crippen LogP contribution is 2.08. The van der Waals surface area contributed by atoms with Gasteiger partial charge in [-0.05, 0) is 18.6 Å². The van der Waals surface area contributed by atoms with Gasteiger partial charge in [0, 0.05) is 25.0 Å². The number of aliphatic imine (C=N–C) groups is 1. The summed E-state index contributed by atoms with van der Waals surface area (Å²) in [6.07, 6.45) is 1.83. The van der Waals surface area contributed by atoms with Crippen LogP contribution in [0, 0.1) is 11.8 Å². The third kappa shape index (κ3) is 2.33. The van der Waals surface area contributed by atoms with E-state index in [0.29, 0.717) is 19.0 Å². The maximum absolute atomic E-state index is 10.1. The zero-order valence-corrected chi connectivity index (χ0v) is 9.05. The van der Waals surface area contributed by atoms with E-state index in [1.165, 1.54) is 0 Å². The van der Waals surface area contributed by atoms with Crippen LogP contribution in [0.4, 0.5) is 0 Å². The van der Waals surface area contributed by atoms with Crippen molar-refractivity contribution < 1.29 is 0 Å². The molecule has 0 spiro atoms. The Balaban J connectivity index is 2.02. The summed E-state index contributed by atoms with van der Waals surface area (Å²) >= 11 is 0. The molecule has 0 amide bonds. The van der Waals surface area contributed by atoms with Crippen LogP contribution in [0.25, 0.3) is 0 Å². The van der Waals surface area contributed by atoms with E-state index in [0.717, 1.165) is 17.8 Å². The second kappa shape index (κ2) is 4.69. The van der Waals surface area contributed by atoms with Gasteiger partial charge in [0.1, 0.15) is 0 Å². The molecule has 0 bridgehead atoms. The number of pyridine rings is 1. The zero-order chi connectivity index (χ0) is 11.4. The van der Waals surface area contributed by atoms with E-state index in [9.17, 15) is 4.91 Å². The fourth-order valence-electron chi connectivity index (χ4n) is 1.60. The van der Waals surface area contributed by atoms with Crippen LogP contribution in [0.15, 0.2) is 28.6 Å². The Morgan fingerprint density at radius 1 is 1.56 bits per heavy atom. The lowest BCUT2D eigenvalue weighted by Gasteiger charge is -2.18. The van der Waals surface area contributed by atoms with Crippen LogP contribution in [0.2, 0.25) is 0 Å². The van der Waals surface area contributed by atoms with Crippen molar-refractivity contribution in [2.75, 3.05) is 13.1 Å². The smallest absolute Gasteiger partial charge is 0.217 e. The zero-order valence-electron chi connectivity index (χ0n) is 9.05. The van der Waals surface area contributed by atoms with Crippen LogP contribution < -0.4 is 5.43 Å². The van der Waals surface area contributed by atoms with E-state index < -0.39 is 0 Å². The van der Waals surface area contributed by atoms with E-state index in [2.05, 4.69) is 20.7 Å². The van der Waals surface area contributed by atoms with Gasteiger partial charge in [0.05, 0.1) is 11.8 Å². The highest BCUT2D eigenvalue weighted by molar-refractivity contribution is 5.81. The first kappa shape index (κ1) is 10.5. The quantitative estimate of drug-likeness (QED) is 0.604. The number of rotatable bonds is 3. The fourth-order valence-corrected chi connectivity index (χ4v) is 1.60. The standard InChI is InChI=1S/C10H13N5O/c1-8-2-3-9(6-12-8)7-15-5-4-11-10(15)13-14-16/h2-3,6H,4-5,7H2,1H3,(H,11,13,16). The van der Waals surface area contributed by atoms with Crippen molar-refractivity contribution in [3.8, 4) is 0 Å². The number of nitrogens with one attached hydrogen (secondary N) is 1. The molecule has 6 nitrogen and oxygen atoms in total. The Bertz CT molecular complexity index is 400. The van der Waals surface area contributed by atoms with Gasteiger partial charge in [0.25, 0.3) is 0 Å². The summed E-state index contributed by atoms with van der Waals surface area (Å²) in [5.41, 5.74) is 4.43. The third-order valence-corrected chi connectivity index (χ3v) is 2.42. The maximum Gasteiger partial charge on any atom is 0.217 e. The van der Waals surface area contributed by atoms with Crippen molar-refractivity contribution in [3.05, 3.63) is 34.5 Å². The molecule has 0 unspecified atom stereocenters. The van der Waals surface area contributed by atoms with Crippen molar-refractivity contribution in [1.82, 2.24) is 15.3 Å². The largest absolute Gasteiger partial charge is 0.335 e. The first-order valence-corrected chi connectivity index (χ1v) is 5.09. The van der Waals surface area contributed by atoms with Crippen LogP contribution in [0.1, 0.15) is 11.3 Å². The van der Waals surface area contributed by atoms with Crippen LogP contribution in [0.3, 0.4) is 0 Å². The van der Waals surface area contributed by atoms with Crippen molar-refractivity contribution in [2.45, 2.75) is 13.5 Å². The molecule has 0 atom stereocenters. The van der Waals surface area contributed by atoms with Gasteiger partial charge in [-0.25, -0.2) is 10.4 Å². The molecule has 1 N–H and O–H groups in total. The summed E-state index contributed by atoms with van der Waals surface area (Å²) in [5, 5.41) is 2.64. The molecule has 0 saturated carbocycles. The second-order valence-corrected chi connectivity index (χ2v) is 3.64. The molecule has 1 aromatic rings. The van der Waals surface area contributed by atoms with Gasteiger partial charge >= 0.3 is 0 Å². The predicted octanol–water partition coefficient (Wildman–Crippen LogP) is 0.833. The SMILES string of the molecule is Cc1ccc(CN2CCN=C2NN=O)cn1. The van der Waals surface area contributed by atoms with Crippen molar-refractivity contribution in [3.63, 3.8) is 0 Å². The number of aromatic nitrogens is 1. The van der Waals surface area contributed by atoms with Gasteiger partial charge < -0.3 is 4.90 Å². The molecule has 6 heteroatoms. The van der Waals surface area contributed by atoms with Gasteiger partial charge in [-0.15, -0.1) is 4.91 Å². The van der Waals surface area contributed by atoms with E-state index >= 15 is 0 Å². The monoisotopic (exact) mass is 219 g/mol. The van der Waals surface area contributed by atoms with Gasteiger partial charge in [0.2, 0.25) is 5.96 Å². The van der Waals surface area contributed by atoms with Gasteiger partial charge in [-0.3, -0.25) is 4.98 Å². The molecule has 0 fully saturated rings. The number of nitrogens with zero attached hydrogens (tertiary/aromatic N) is 4. The minimum absolute atomic E-state index is 0.538. The third-order valence-electron chi connectivity index (χ3n) is 2.42. The van der Waals surface area contributed by atoms with Crippen molar-refractivity contribution in [2.24, 2.45) is 10.3 Å². The van der Waals surface area contributed by atoms with Crippen molar-refractivity contribution in [1.29, 1.82) is 0 Å². The molecule has 84 valence electrons. The van der Waals surface area contributed by atoms with E-state index in [1.807, 2.05) is 30.2 Å². The van der Waals surface area contributed by atoms with Crippen LogP contribution in [-0.4, -0.2) is 28.9 Å². The van der Waals surface area contributed by atoms with Gasteiger partial charge in [-0.2, -0.15) is 0 Å². The molecular weight excluding hydrogens is 206 g/mol. The first-order valence-electron chi connectivity index (χ1n) is 5.09. The Hall–Kier alpha value is -1.98. The molecule has 1 aromatic heterocycles. The normalized spacial score (nSPS) is 14.8. The number of aryl methyl sites for hydroxylation is 1. The van der Waals surface area contributed by atoms with Crippen LogP contribution >= 0.6 is 0 Å². The van der Waals surface area contributed by atoms with Crippen molar-refractivity contribution >= 4 is 5.96 Å². The highest BCUT2D eigenvalue weighted by atomic mass is 16.3. The topological polar surface area (TPSA) is 69.9 Å². The van der Waals surface area contributed by atoms with Crippen LogP contribution in [-0.2, 0) is 6.54 Å². The molecule has 1 aliphatic rings. The Morgan fingerprint density at radius 3 is 3.12 bits per heavy atom. The summed E-state index contributed by atoms with van der Waals surface area (Å²) in [4.78, 5) is 20.4. The summed E-state index contributed by atoms with van der Waals surface area (Å²) in [6, 6.07) is 3.99. The number of hydrogen-bond acceptors (Lipinski definition) is 5. The minimum Gasteiger partial charge on any atom is -0.335 e. The summed E-state index contributed by atoms with van der Waals surface area (Å²) in [5.74, 6) is 0.538. The molecule has 1 aliphatic heterocycles. The summed E-state index contributed by atoms with van der Waals surface area (Å²) in [6.45, 7) is 4.13. The molecular formula is C10H13N5O. The molecule has 0 radical (unpaired) electrons. The summed E-state index contributed by atoms with van der Waals surface area (Å²) < 4.78 is 0. The Kier molecular flexibility index (Phi) is 3.09. The van der Waals surface area contributed by atoms with E-state index in [-0.39, 0.29) is 0 Å². The average molecular weight is 219 g/mol. The maximum atomic E-state index is 10.1. The lowest BCUT2D eigenvalue weighted by molar-refractivity contribution is 0.437. The van der Waals surface area contributed by atoms with Gasteiger partial charge in [0.15, 0.2) is 0 Å². The number of nitroso groups, excluding NO2 is 1. The second-order valence-electron chi connectivity index (χ2n) is 3.64. The van der Waals surface area contributed by atoms with Gasteiger partial charge in [-0.1, -0.05) is 6.07 Å². The predicted molar refractivity (Wildman–Crippen MR) is 60.6 cm³/mol. The first-order chi connectivity index (χ1) is 7.79. The van der Waals surface area contributed by atoms with Crippen LogP contribution in [0.5, 0.6) is 0 Å². The fraction of sp³-hybridized carbons (Fsp3) is 0.400.